The first-order valence-corrected chi connectivity index (χ1v) is 9.03. The maximum atomic E-state index is 12.2. The predicted octanol–water partition coefficient (Wildman–Crippen LogP) is 2.51. The van der Waals surface area contributed by atoms with Crippen LogP contribution in [0.4, 0.5) is 0 Å². The van der Waals surface area contributed by atoms with Crippen LogP contribution >= 0.6 is 0 Å². The molecule has 0 unspecified atom stereocenters. The zero-order chi connectivity index (χ0) is 17.3. The van der Waals surface area contributed by atoms with Crippen molar-refractivity contribution < 1.29 is 23.8 Å². The molecule has 2 bridgehead atoms. The van der Waals surface area contributed by atoms with Gasteiger partial charge in [-0.3, -0.25) is 0 Å². The van der Waals surface area contributed by atoms with Crippen LogP contribution in [0.25, 0.3) is 0 Å². The van der Waals surface area contributed by atoms with Crippen molar-refractivity contribution in [3.63, 3.8) is 0 Å². The van der Waals surface area contributed by atoms with E-state index in [1.54, 1.807) is 6.92 Å². The summed E-state index contributed by atoms with van der Waals surface area (Å²) in [6.07, 6.45) is 1.53. The standard InChI is InChI=1S/C18H27NO5/c1-6-21-15(20)14-13(9(2)24-19-14)16-22-12-8-10-7-11(17(10,3)4)18(12,5)23-16/h9-13,16H,6-8H2,1-5H3/t9-,10+,11+,12-,13-,16-,18+/m0/s1. The number of oxime groups is 1. The Morgan fingerprint density at radius 3 is 2.75 bits per heavy atom. The van der Waals surface area contributed by atoms with Crippen molar-refractivity contribution in [3.05, 3.63) is 0 Å². The Kier molecular flexibility index (Phi) is 3.52. The van der Waals surface area contributed by atoms with Crippen molar-refractivity contribution in [1.82, 2.24) is 0 Å². The number of carbonyl (C=O) groups excluding carboxylic acids is 1. The van der Waals surface area contributed by atoms with E-state index in [9.17, 15) is 4.79 Å². The molecule has 0 spiro atoms. The van der Waals surface area contributed by atoms with Gasteiger partial charge in [0, 0.05) is 0 Å². The first-order chi connectivity index (χ1) is 11.3. The van der Waals surface area contributed by atoms with Gasteiger partial charge in [0.1, 0.15) is 12.0 Å². The van der Waals surface area contributed by atoms with Gasteiger partial charge in [0.05, 0.1) is 18.3 Å². The Morgan fingerprint density at radius 2 is 2.08 bits per heavy atom. The summed E-state index contributed by atoms with van der Waals surface area (Å²) in [5.41, 5.74) is 0.271. The summed E-state index contributed by atoms with van der Waals surface area (Å²) in [6.45, 7) is 10.8. The molecule has 5 rings (SSSR count). The average molecular weight is 337 g/mol. The van der Waals surface area contributed by atoms with Gasteiger partial charge >= 0.3 is 5.97 Å². The zero-order valence-electron chi connectivity index (χ0n) is 15.1. The van der Waals surface area contributed by atoms with Gasteiger partial charge in [0.25, 0.3) is 0 Å². The monoisotopic (exact) mass is 337 g/mol. The van der Waals surface area contributed by atoms with Crippen molar-refractivity contribution in [2.75, 3.05) is 6.61 Å². The third-order valence-electron chi connectivity index (χ3n) is 6.89. The molecule has 3 saturated carbocycles. The van der Waals surface area contributed by atoms with Gasteiger partial charge in [-0.2, -0.15) is 0 Å². The van der Waals surface area contributed by atoms with Crippen LogP contribution in [0.3, 0.4) is 0 Å². The Hall–Kier alpha value is -1.14. The van der Waals surface area contributed by atoms with Crippen molar-refractivity contribution >= 4 is 11.7 Å². The van der Waals surface area contributed by atoms with Crippen LogP contribution in [-0.2, 0) is 23.8 Å². The summed E-state index contributed by atoms with van der Waals surface area (Å²) in [7, 11) is 0. The van der Waals surface area contributed by atoms with Crippen LogP contribution < -0.4 is 0 Å². The van der Waals surface area contributed by atoms with Crippen LogP contribution in [0, 0.1) is 23.2 Å². The number of carbonyl (C=O) groups is 1. The second kappa shape index (κ2) is 5.18. The number of hydrogen-bond acceptors (Lipinski definition) is 6. The molecule has 0 aromatic rings. The summed E-state index contributed by atoms with van der Waals surface area (Å²) in [4.78, 5) is 17.5. The third-order valence-corrected chi connectivity index (χ3v) is 6.89. The SMILES string of the molecule is CCOC(=O)C1=NO[C@@H](C)[C@@H]1[C@H]1O[C@H]2C[C@H]3C[C@H](C3(C)C)[C@@]2(C)O1. The highest BCUT2D eigenvalue weighted by Crippen LogP contribution is 2.66. The summed E-state index contributed by atoms with van der Waals surface area (Å²) < 4.78 is 17.9. The van der Waals surface area contributed by atoms with E-state index in [4.69, 9.17) is 19.0 Å². The fraction of sp³-hybridized carbons (Fsp3) is 0.889. The van der Waals surface area contributed by atoms with Gasteiger partial charge in [0.15, 0.2) is 12.0 Å². The first kappa shape index (κ1) is 16.3. The maximum absolute atomic E-state index is 12.2. The van der Waals surface area contributed by atoms with Gasteiger partial charge in [-0.05, 0) is 50.9 Å². The first-order valence-electron chi connectivity index (χ1n) is 9.03. The molecule has 0 aromatic heterocycles. The van der Waals surface area contributed by atoms with E-state index >= 15 is 0 Å². The number of rotatable bonds is 3. The van der Waals surface area contributed by atoms with Gasteiger partial charge in [0.2, 0.25) is 0 Å². The van der Waals surface area contributed by atoms with Crippen molar-refractivity contribution in [2.24, 2.45) is 28.3 Å². The van der Waals surface area contributed by atoms with E-state index in [2.05, 4.69) is 25.9 Å². The average Bonchev–Trinajstić information content (AvgIpc) is 3.06. The molecule has 2 aliphatic heterocycles. The molecule has 4 fully saturated rings. The molecule has 0 radical (unpaired) electrons. The molecule has 134 valence electrons. The molecule has 5 aliphatic rings. The molecule has 2 heterocycles. The molecule has 0 aromatic carbocycles. The van der Waals surface area contributed by atoms with Crippen LogP contribution in [0.5, 0.6) is 0 Å². The van der Waals surface area contributed by atoms with Crippen LogP contribution in [0.2, 0.25) is 0 Å². The second-order valence-corrected chi connectivity index (χ2v) is 8.37. The number of esters is 1. The van der Waals surface area contributed by atoms with E-state index in [1.165, 1.54) is 6.42 Å². The molecule has 24 heavy (non-hydrogen) atoms. The highest BCUT2D eigenvalue weighted by molar-refractivity contribution is 6.37. The summed E-state index contributed by atoms with van der Waals surface area (Å²) in [6, 6.07) is 0. The number of hydrogen-bond donors (Lipinski definition) is 0. The molecule has 6 nitrogen and oxygen atoms in total. The molecule has 3 aliphatic carbocycles. The molecule has 0 N–H and O–H groups in total. The zero-order valence-corrected chi connectivity index (χ0v) is 15.1. The largest absolute Gasteiger partial charge is 0.461 e. The summed E-state index contributed by atoms with van der Waals surface area (Å²) in [5, 5.41) is 3.94. The predicted molar refractivity (Wildman–Crippen MR) is 86.3 cm³/mol. The highest BCUT2D eigenvalue weighted by Gasteiger charge is 2.68. The minimum absolute atomic E-state index is 0.0792. The van der Waals surface area contributed by atoms with E-state index in [0.717, 1.165) is 6.42 Å². The normalized spacial score (nSPS) is 48.1. The Balaban J connectivity index is 1.56. The highest BCUT2D eigenvalue weighted by atomic mass is 16.7. The molecule has 6 heteroatoms. The van der Waals surface area contributed by atoms with Crippen LogP contribution in [-0.4, -0.2) is 42.4 Å². The fourth-order valence-corrected chi connectivity index (χ4v) is 5.27. The molecule has 7 atom stereocenters. The number of nitrogens with zero attached hydrogens (tertiary/aromatic N) is 1. The van der Waals surface area contributed by atoms with Crippen LogP contribution in [0.1, 0.15) is 47.5 Å². The van der Waals surface area contributed by atoms with Gasteiger partial charge in [-0.1, -0.05) is 19.0 Å². The van der Waals surface area contributed by atoms with Gasteiger partial charge in [-0.25, -0.2) is 4.79 Å². The van der Waals surface area contributed by atoms with Gasteiger partial charge < -0.3 is 19.0 Å². The Morgan fingerprint density at radius 1 is 1.33 bits per heavy atom. The lowest BCUT2D eigenvalue weighted by Gasteiger charge is -2.63. The lowest BCUT2D eigenvalue weighted by Crippen LogP contribution is -2.65. The maximum Gasteiger partial charge on any atom is 0.356 e. The van der Waals surface area contributed by atoms with Crippen molar-refractivity contribution in [2.45, 2.75) is 71.6 Å². The van der Waals surface area contributed by atoms with E-state index in [1.807, 2.05) is 6.92 Å². The molecular formula is C18H27NO5. The molecule has 0 amide bonds. The van der Waals surface area contributed by atoms with Crippen LogP contribution in [0.15, 0.2) is 5.16 Å². The fourth-order valence-electron chi connectivity index (χ4n) is 5.27. The van der Waals surface area contributed by atoms with Crippen molar-refractivity contribution in [1.29, 1.82) is 0 Å². The van der Waals surface area contributed by atoms with Gasteiger partial charge in [-0.15, -0.1) is 0 Å². The lowest BCUT2D eigenvalue weighted by molar-refractivity contribution is -0.212. The van der Waals surface area contributed by atoms with E-state index in [0.29, 0.717) is 23.9 Å². The Labute approximate surface area is 142 Å². The topological polar surface area (TPSA) is 66.4 Å². The summed E-state index contributed by atoms with van der Waals surface area (Å²) in [5.74, 6) is 0.397. The minimum Gasteiger partial charge on any atom is -0.461 e. The lowest BCUT2D eigenvalue weighted by atomic mass is 9.43. The second-order valence-electron chi connectivity index (χ2n) is 8.37. The third kappa shape index (κ3) is 2.02. The smallest absolute Gasteiger partial charge is 0.356 e. The van der Waals surface area contributed by atoms with E-state index < -0.39 is 12.3 Å². The molecular weight excluding hydrogens is 310 g/mol. The molecule has 1 saturated heterocycles. The quantitative estimate of drug-likeness (QED) is 0.740. The minimum atomic E-state index is -0.504. The van der Waals surface area contributed by atoms with Crippen molar-refractivity contribution in [3.8, 4) is 0 Å². The Bertz CT molecular complexity index is 588. The van der Waals surface area contributed by atoms with E-state index in [-0.39, 0.29) is 29.4 Å². The number of ether oxygens (including phenoxy) is 3. The summed E-state index contributed by atoms with van der Waals surface area (Å²) >= 11 is 0.